The van der Waals surface area contributed by atoms with Crippen LogP contribution in [0.3, 0.4) is 0 Å². The van der Waals surface area contributed by atoms with Crippen molar-refractivity contribution < 1.29 is 14.7 Å². The summed E-state index contributed by atoms with van der Waals surface area (Å²) in [4.78, 5) is 26.3. The van der Waals surface area contributed by atoms with Crippen molar-refractivity contribution in [1.82, 2.24) is 10.7 Å². The number of aromatic hydroxyl groups is 1. The summed E-state index contributed by atoms with van der Waals surface area (Å²) < 4.78 is 0. The topological polar surface area (TPSA) is 90.8 Å². The highest BCUT2D eigenvalue weighted by Gasteiger charge is 2.17. The van der Waals surface area contributed by atoms with Crippen LogP contribution in [0.4, 0.5) is 0 Å². The lowest BCUT2D eigenvalue weighted by Gasteiger charge is -2.04. The minimum Gasteiger partial charge on any atom is -0.506 e. The van der Waals surface area contributed by atoms with Gasteiger partial charge >= 0.3 is 0 Å². The summed E-state index contributed by atoms with van der Waals surface area (Å²) in [6, 6.07) is 17.9. The molecule has 0 aliphatic rings. The smallest absolute Gasteiger partial charge is 0.281 e. The Labute approximate surface area is 219 Å². The van der Waals surface area contributed by atoms with Crippen LogP contribution in [0.2, 0.25) is 10.0 Å². The molecule has 3 N–H and O–H groups in total. The van der Waals surface area contributed by atoms with Gasteiger partial charge in [-0.3, -0.25) is 9.59 Å². The van der Waals surface area contributed by atoms with Gasteiger partial charge in [0.15, 0.2) is 0 Å². The molecule has 0 atom stereocenters. The van der Waals surface area contributed by atoms with Gasteiger partial charge < -0.3 is 10.4 Å². The van der Waals surface area contributed by atoms with Gasteiger partial charge in [-0.05, 0) is 42.3 Å². The zero-order valence-corrected chi connectivity index (χ0v) is 21.5. The van der Waals surface area contributed by atoms with E-state index in [4.69, 9.17) is 23.2 Å². The molecule has 0 saturated heterocycles. The third kappa shape index (κ3) is 5.91. The fourth-order valence-electron chi connectivity index (χ4n) is 3.15. The Morgan fingerprint density at radius 2 is 1.69 bits per heavy atom. The van der Waals surface area contributed by atoms with Crippen LogP contribution in [0.15, 0.2) is 71.1 Å². The summed E-state index contributed by atoms with van der Waals surface area (Å²) in [5.41, 5.74) is 5.11. The molecule has 4 aromatic rings. The molecule has 6 nitrogen and oxygen atoms in total. The average Bonchev–Trinajstić information content (AvgIpc) is 3.51. The minimum atomic E-state index is -0.448. The zero-order chi connectivity index (χ0) is 24.9. The molecule has 0 aliphatic carbocycles. The van der Waals surface area contributed by atoms with Crippen LogP contribution in [-0.4, -0.2) is 22.6 Å². The van der Waals surface area contributed by atoms with E-state index in [1.54, 1.807) is 42.6 Å². The Hall–Kier alpha value is -3.17. The minimum absolute atomic E-state index is 0.0392. The predicted octanol–water partition coefficient (Wildman–Crippen LogP) is 6.57. The average molecular weight is 544 g/mol. The Balaban J connectivity index is 1.40. The largest absolute Gasteiger partial charge is 0.506 e. The fourth-order valence-corrected chi connectivity index (χ4v) is 5.26. The highest BCUT2D eigenvalue weighted by atomic mass is 35.5. The number of rotatable bonds is 7. The fraction of sp³-hybridized carbons (Fsp3) is 0.0800. The van der Waals surface area contributed by atoms with E-state index in [-0.39, 0.29) is 11.7 Å². The van der Waals surface area contributed by atoms with Crippen LogP contribution in [0.25, 0.3) is 10.4 Å². The van der Waals surface area contributed by atoms with Gasteiger partial charge in [0, 0.05) is 11.9 Å². The lowest BCUT2D eigenvalue weighted by Crippen LogP contribution is -2.21. The van der Waals surface area contributed by atoms with E-state index in [0.717, 1.165) is 22.5 Å². The number of thiophene rings is 2. The maximum Gasteiger partial charge on any atom is 0.281 e. The number of carbonyl (C=O) groups excluding carboxylic acids is 2. The molecular formula is C25H19Cl2N3O3S2. The van der Waals surface area contributed by atoms with Crippen molar-refractivity contribution in [1.29, 1.82) is 0 Å². The Morgan fingerprint density at radius 3 is 2.40 bits per heavy atom. The van der Waals surface area contributed by atoms with Gasteiger partial charge in [0.1, 0.15) is 5.75 Å². The molecule has 35 heavy (non-hydrogen) atoms. The van der Waals surface area contributed by atoms with Gasteiger partial charge in [-0.1, -0.05) is 59.6 Å². The number of amides is 2. The molecular weight excluding hydrogens is 525 g/mol. The standard InChI is InChI=1S/C25H19Cl2N3O3S2/c1-14(17-13-34-23(22(17)31)16-7-8-18(26)19(27)11-16)29-30-25(33)21-10-9-20(35-21)24(32)28-12-15-5-3-2-4-6-15/h2-11,13,31H,12H2,1H3,(H,28,32)(H,30,33)/b29-14+. The Kier molecular flexibility index (Phi) is 7.87. The van der Waals surface area contributed by atoms with Crippen molar-refractivity contribution in [3.05, 3.63) is 97.0 Å². The van der Waals surface area contributed by atoms with Gasteiger partial charge in [-0.2, -0.15) is 5.10 Å². The summed E-state index contributed by atoms with van der Waals surface area (Å²) in [5, 5.41) is 20.2. The van der Waals surface area contributed by atoms with Crippen molar-refractivity contribution in [3.63, 3.8) is 0 Å². The first-order valence-corrected chi connectivity index (χ1v) is 12.8. The lowest BCUT2D eigenvalue weighted by molar-refractivity contribution is 0.0950. The Morgan fingerprint density at radius 1 is 0.971 bits per heavy atom. The molecule has 2 heterocycles. The molecule has 0 bridgehead atoms. The summed E-state index contributed by atoms with van der Waals surface area (Å²) in [6.45, 7) is 2.08. The van der Waals surface area contributed by atoms with Crippen LogP contribution in [0.5, 0.6) is 5.75 Å². The first-order valence-electron chi connectivity index (χ1n) is 10.4. The molecule has 0 aliphatic heterocycles. The second-order valence-electron chi connectivity index (χ2n) is 7.43. The molecule has 10 heteroatoms. The lowest BCUT2D eigenvalue weighted by atomic mass is 10.1. The van der Waals surface area contributed by atoms with E-state index in [2.05, 4.69) is 15.8 Å². The van der Waals surface area contributed by atoms with E-state index in [1.807, 2.05) is 30.3 Å². The zero-order valence-electron chi connectivity index (χ0n) is 18.3. The van der Waals surface area contributed by atoms with Crippen LogP contribution in [0.1, 0.15) is 37.4 Å². The number of nitrogens with one attached hydrogen (secondary N) is 2. The number of benzene rings is 2. The summed E-state index contributed by atoms with van der Waals surface area (Å²) in [7, 11) is 0. The predicted molar refractivity (Wildman–Crippen MR) is 143 cm³/mol. The van der Waals surface area contributed by atoms with E-state index >= 15 is 0 Å². The first kappa shape index (κ1) is 24.9. The first-order chi connectivity index (χ1) is 16.8. The number of hydrogen-bond acceptors (Lipinski definition) is 6. The van der Waals surface area contributed by atoms with Crippen LogP contribution < -0.4 is 10.7 Å². The molecule has 0 fully saturated rings. The second-order valence-corrected chi connectivity index (χ2v) is 10.2. The van der Waals surface area contributed by atoms with E-state index < -0.39 is 5.91 Å². The third-order valence-corrected chi connectivity index (χ3v) is 7.85. The van der Waals surface area contributed by atoms with Gasteiger partial charge in [-0.15, -0.1) is 22.7 Å². The normalized spacial score (nSPS) is 11.3. The van der Waals surface area contributed by atoms with E-state index in [9.17, 15) is 14.7 Å². The number of hydrogen-bond donors (Lipinski definition) is 3. The molecule has 0 saturated carbocycles. The quantitative estimate of drug-likeness (QED) is 0.182. The third-order valence-electron chi connectivity index (χ3n) is 5.01. The number of hydrazone groups is 1. The monoisotopic (exact) mass is 543 g/mol. The summed E-state index contributed by atoms with van der Waals surface area (Å²) in [6.07, 6.45) is 0. The molecule has 0 unspecified atom stereocenters. The van der Waals surface area contributed by atoms with Crippen molar-refractivity contribution >= 4 is 63.4 Å². The maximum absolute atomic E-state index is 12.6. The SMILES string of the molecule is C/C(=N\NC(=O)c1ccc(C(=O)NCc2ccccc2)s1)c1csc(-c2ccc(Cl)c(Cl)c2)c1O. The Bertz CT molecular complexity index is 1410. The van der Waals surface area contributed by atoms with Crippen LogP contribution in [-0.2, 0) is 6.54 Å². The molecule has 0 radical (unpaired) electrons. The van der Waals surface area contributed by atoms with E-state index in [1.165, 1.54) is 11.3 Å². The molecule has 178 valence electrons. The molecule has 2 aromatic carbocycles. The van der Waals surface area contributed by atoms with Crippen LogP contribution >= 0.6 is 45.9 Å². The van der Waals surface area contributed by atoms with E-state index in [0.29, 0.717) is 42.5 Å². The molecule has 2 amide bonds. The highest BCUT2D eigenvalue weighted by Crippen LogP contribution is 2.40. The van der Waals surface area contributed by atoms with Gasteiger partial charge in [-0.25, -0.2) is 5.43 Å². The van der Waals surface area contributed by atoms with Gasteiger partial charge in [0.2, 0.25) is 0 Å². The molecule has 4 rings (SSSR count). The van der Waals surface area contributed by atoms with Crippen molar-refractivity contribution in [2.24, 2.45) is 5.10 Å². The van der Waals surface area contributed by atoms with Crippen molar-refractivity contribution in [3.8, 4) is 16.2 Å². The number of carbonyl (C=O) groups is 2. The summed E-state index contributed by atoms with van der Waals surface area (Å²) >= 11 is 14.5. The second kappa shape index (κ2) is 11.0. The maximum atomic E-state index is 12.6. The molecule has 2 aromatic heterocycles. The number of halogens is 2. The van der Waals surface area contributed by atoms with Gasteiger partial charge in [0.05, 0.1) is 36.0 Å². The number of nitrogens with zero attached hydrogens (tertiary/aromatic N) is 1. The van der Waals surface area contributed by atoms with Crippen LogP contribution in [0, 0.1) is 0 Å². The summed E-state index contributed by atoms with van der Waals surface area (Å²) in [5.74, 6) is -0.663. The van der Waals surface area contributed by atoms with Gasteiger partial charge in [0.25, 0.3) is 11.8 Å². The molecule has 0 spiro atoms. The van der Waals surface area contributed by atoms with Crippen molar-refractivity contribution in [2.45, 2.75) is 13.5 Å². The highest BCUT2D eigenvalue weighted by molar-refractivity contribution is 7.16. The van der Waals surface area contributed by atoms with Crippen molar-refractivity contribution in [2.75, 3.05) is 0 Å².